The molecule has 0 spiro atoms. The van der Waals surface area contributed by atoms with Crippen molar-refractivity contribution in [1.29, 1.82) is 0 Å². The summed E-state index contributed by atoms with van der Waals surface area (Å²) < 4.78 is 21.8. The lowest BCUT2D eigenvalue weighted by Gasteiger charge is -2.26. The van der Waals surface area contributed by atoms with Gasteiger partial charge in [0.15, 0.2) is 5.79 Å². The fourth-order valence-electron chi connectivity index (χ4n) is 2.75. The molecule has 0 amide bonds. The van der Waals surface area contributed by atoms with Crippen LogP contribution in [-0.4, -0.2) is 37.7 Å². The number of hydrogen-bond donors (Lipinski definition) is 0. The van der Waals surface area contributed by atoms with Gasteiger partial charge in [0.05, 0.1) is 19.3 Å². The van der Waals surface area contributed by atoms with Crippen molar-refractivity contribution in [2.75, 3.05) is 19.8 Å². The van der Waals surface area contributed by atoms with Crippen LogP contribution in [0.1, 0.15) is 43.9 Å². The van der Waals surface area contributed by atoms with E-state index in [0.29, 0.717) is 19.4 Å². The number of rotatable bonds is 6. The van der Waals surface area contributed by atoms with Gasteiger partial charge >= 0.3 is 5.97 Å². The van der Waals surface area contributed by atoms with Crippen LogP contribution in [-0.2, 0) is 30.2 Å². The maximum Gasteiger partial charge on any atom is 0.306 e. The van der Waals surface area contributed by atoms with Crippen molar-refractivity contribution < 1.29 is 23.7 Å². The first kappa shape index (κ1) is 16.4. The molecule has 1 unspecified atom stereocenters. The normalized spacial score (nSPS) is 25.8. The molecule has 126 valence electrons. The number of ether oxygens (including phenoxy) is 4. The first-order valence-corrected chi connectivity index (χ1v) is 8.20. The van der Waals surface area contributed by atoms with Crippen LogP contribution in [0.2, 0.25) is 0 Å². The smallest absolute Gasteiger partial charge is 0.306 e. The highest BCUT2D eigenvalue weighted by atomic mass is 16.7. The molecule has 0 aromatic heterocycles. The third-order valence-corrected chi connectivity index (χ3v) is 4.17. The summed E-state index contributed by atoms with van der Waals surface area (Å²) in [5.74, 6) is -0.784. The molecule has 0 bridgehead atoms. The molecule has 5 nitrogen and oxygen atoms in total. The first-order valence-electron chi connectivity index (χ1n) is 8.20. The molecule has 0 radical (unpaired) electrons. The summed E-state index contributed by atoms with van der Waals surface area (Å²) in [6.45, 7) is 5.27. The molecule has 1 aromatic rings. The third kappa shape index (κ3) is 4.53. The van der Waals surface area contributed by atoms with Crippen LogP contribution in [0, 0.1) is 0 Å². The van der Waals surface area contributed by atoms with E-state index in [0.717, 1.165) is 18.6 Å². The molecule has 2 saturated heterocycles. The summed E-state index contributed by atoms with van der Waals surface area (Å²) in [5.41, 5.74) is 2.34. The minimum absolute atomic E-state index is 0.171. The van der Waals surface area contributed by atoms with E-state index >= 15 is 0 Å². The molecular weight excluding hydrogens is 296 g/mol. The Morgan fingerprint density at radius 1 is 1.30 bits per heavy atom. The Morgan fingerprint density at radius 2 is 2.04 bits per heavy atom. The van der Waals surface area contributed by atoms with Crippen molar-refractivity contribution in [2.45, 2.75) is 51.1 Å². The molecule has 2 aliphatic rings. The summed E-state index contributed by atoms with van der Waals surface area (Å²) in [6.07, 6.45) is 2.23. The van der Waals surface area contributed by atoms with Gasteiger partial charge in [0.1, 0.15) is 12.7 Å². The van der Waals surface area contributed by atoms with Gasteiger partial charge in [-0.2, -0.15) is 0 Å². The van der Waals surface area contributed by atoms with Gasteiger partial charge in [-0.1, -0.05) is 24.3 Å². The van der Waals surface area contributed by atoms with E-state index in [9.17, 15) is 4.79 Å². The van der Waals surface area contributed by atoms with Gasteiger partial charge in [-0.3, -0.25) is 4.79 Å². The average Bonchev–Trinajstić information content (AvgIpc) is 2.82. The maximum absolute atomic E-state index is 11.8. The molecule has 5 heteroatoms. The van der Waals surface area contributed by atoms with Crippen LogP contribution in [0.3, 0.4) is 0 Å². The van der Waals surface area contributed by atoms with Crippen molar-refractivity contribution >= 4 is 5.97 Å². The molecule has 2 aliphatic heterocycles. The summed E-state index contributed by atoms with van der Waals surface area (Å²) in [4.78, 5) is 11.8. The molecule has 0 saturated carbocycles. The SMILES string of the molecule is CC1(C)OC[C@@H](COC(=O)CCc2ccc(C3CCO3)cc2)O1. The number of carbonyl (C=O) groups is 1. The number of carbonyl (C=O) groups excluding carboxylic acids is 1. The lowest BCUT2D eigenvalue weighted by molar-refractivity contribution is -0.158. The second kappa shape index (κ2) is 6.99. The van der Waals surface area contributed by atoms with Gasteiger partial charge in [0, 0.05) is 12.8 Å². The zero-order chi connectivity index (χ0) is 16.3. The van der Waals surface area contributed by atoms with E-state index in [4.69, 9.17) is 18.9 Å². The highest BCUT2D eigenvalue weighted by Gasteiger charge is 2.33. The first-order chi connectivity index (χ1) is 11.0. The van der Waals surface area contributed by atoms with Crippen LogP contribution in [0.15, 0.2) is 24.3 Å². The Morgan fingerprint density at radius 3 is 2.61 bits per heavy atom. The quantitative estimate of drug-likeness (QED) is 0.754. The van der Waals surface area contributed by atoms with Crippen LogP contribution >= 0.6 is 0 Å². The van der Waals surface area contributed by atoms with E-state index in [1.165, 1.54) is 5.56 Å². The number of hydrogen-bond acceptors (Lipinski definition) is 5. The zero-order valence-electron chi connectivity index (χ0n) is 13.7. The Labute approximate surface area is 136 Å². The third-order valence-electron chi connectivity index (χ3n) is 4.17. The Hall–Kier alpha value is -1.43. The van der Waals surface area contributed by atoms with Crippen LogP contribution in [0.25, 0.3) is 0 Å². The monoisotopic (exact) mass is 320 g/mol. The van der Waals surface area contributed by atoms with E-state index in [-0.39, 0.29) is 24.8 Å². The minimum Gasteiger partial charge on any atom is -0.463 e. The molecule has 2 fully saturated rings. The van der Waals surface area contributed by atoms with Crippen LogP contribution in [0.5, 0.6) is 0 Å². The Bertz CT molecular complexity index is 533. The number of benzene rings is 1. The predicted octanol–water partition coefficient (Wildman–Crippen LogP) is 2.78. The highest BCUT2D eigenvalue weighted by molar-refractivity contribution is 5.69. The molecule has 2 heterocycles. The van der Waals surface area contributed by atoms with E-state index in [2.05, 4.69) is 24.3 Å². The van der Waals surface area contributed by atoms with Crippen molar-refractivity contribution in [3.8, 4) is 0 Å². The van der Waals surface area contributed by atoms with Crippen molar-refractivity contribution in [3.63, 3.8) is 0 Å². The summed E-state index contributed by atoms with van der Waals surface area (Å²) >= 11 is 0. The van der Waals surface area contributed by atoms with E-state index in [1.807, 2.05) is 13.8 Å². The standard InChI is InChI=1S/C18H24O5/c1-18(2)22-12-15(23-18)11-21-17(19)8-5-13-3-6-14(7-4-13)16-9-10-20-16/h3-4,6-7,15-16H,5,8-12H2,1-2H3/t15-,16?/m1/s1. The number of esters is 1. The van der Waals surface area contributed by atoms with Gasteiger partial charge in [-0.15, -0.1) is 0 Å². The second-order valence-electron chi connectivity index (χ2n) is 6.52. The van der Waals surface area contributed by atoms with E-state index in [1.54, 1.807) is 0 Å². The lowest BCUT2D eigenvalue weighted by Crippen LogP contribution is -2.25. The fraction of sp³-hybridized carbons (Fsp3) is 0.611. The van der Waals surface area contributed by atoms with Gasteiger partial charge in [-0.05, 0) is 31.4 Å². The lowest BCUT2D eigenvalue weighted by atomic mass is 10.0. The van der Waals surface area contributed by atoms with Crippen molar-refractivity contribution in [1.82, 2.24) is 0 Å². The van der Waals surface area contributed by atoms with Gasteiger partial charge in [0.2, 0.25) is 0 Å². The fourth-order valence-corrected chi connectivity index (χ4v) is 2.75. The largest absolute Gasteiger partial charge is 0.463 e. The van der Waals surface area contributed by atoms with Crippen LogP contribution < -0.4 is 0 Å². The molecule has 0 aliphatic carbocycles. The van der Waals surface area contributed by atoms with Crippen molar-refractivity contribution in [2.24, 2.45) is 0 Å². The predicted molar refractivity (Wildman–Crippen MR) is 83.9 cm³/mol. The number of aryl methyl sites for hydroxylation is 1. The summed E-state index contributed by atoms with van der Waals surface area (Å²) in [6, 6.07) is 8.27. The zero-order valence-corrected chi connectivity index (χ0v) is 13.7. The maximum atomic E-state index is 11.8. The highest BCUT2D eigenvalue weighted by Crippen LogP contribution is 2.29. The van der Waals surface area contributed by atoms with Gasteiger partial charge < -0.3 is 18.9 Å². The second-order valence-corrected chi connectivity index (χ2v) is 6.52. The topological polar surface area (TPSA) is 54.0 Å². The molecule has 2 atom stereocenters. The van der Waals surface area contributed by atoms with Crippen molar-refractivity contribution in [3.05, 3.63) is 35.4 Å². The molecule has 0 N–H and O–H groups in total. The van der Waals surface area contributed by atoms with E-state index < -0.39 is 5.79 Å². The molecule has 3 rings (SSSR count). The average molecular weight is 320 g/mol. The molecular formula is C18H24O5. The molecule has 1 aromatic carbocycles. The Balaban J connectivity index is 1.37. The summed E-state index contributed by atoms with van der Waals surface area (Å²) in [5, 5.41) is 0. The van der Waals surface area contributed by atoms with Gasteiger partial charge in [0.25, 0.3) is 0 Å². The van der Waals surface area contributed by atoms with Gasteiger partial charge in [-0.25, -0.2) is 0 Å². The summed E-state index contributed by atoms with van der Waals surface area (Å²) in [7, 11) is 0. The Kier molecular flexibility index (Phi) is 4.99. The minimum atomic E-state index is -0.580. The van der Waals surface area contributed by atoms with Crippen LogP contribution in [0.4, 0.5) is 0 Å². The molecule has 23 heavy (non-hydrogen) atoms.